The van der Waals surface area contributed by atoms with Crippen molar-refractivity contribution in [1.82, 2.24) is 10.2 Å². The number of rotatable bonds is 11. The van der Waals surface area contributed by atoms with Gasteiger partial charge in [-0.05, 0) is 49.6 Å². The number of sulfonamides is 1. The Morgan fingerprint density at radius 1 is 0.944 bits per heavy atom. The number of nitrogens with zero attached hydrogens (tertiary/aromatic N) is 2. The molecular formula is C24H29Cl4N3O4S. The van der Waals surface area contributed by atoms with Gasteiger partial charge in [0.2, 0.25) is 21.8 Å². The topological polar surface area (TPSA) is 86.8 Å². The molecule has 0 aliphatic carbocycles. The van der Waals surface area contributed by atoms with E-state index >= 15 is 0 Å². The number of carbonyl (C=O) groups is 2. The van der Waals surface area contributed by atoms with Crippen molar-refractivity contribution in [3.63, 3.8) is 0 Å². The zero-order valence-corrected chi connectivity index (χ0v) is 24.2. The van der Waals surface area contributed by atoms with Crippen LogP contribution in [0.15, 0.2) is 36.4 Å². The average Bonchev–Trinajstić information content (AvgIpc) is 2.80. The molecule has 0 spiro atoms. The summed E-state index contributed by atoms with van der Waals surface area (Å²) < 4.78 is 26.3. The minimum Gasteiger partial charge on any atom is -0.352 e. The summed E-state index contributed by atoms with van der Waals surface area (Å²) in [6, 6.07) is 8.50. The summed E-state index contributed by atoms with van der Waals surface area (Å²) >= 11 is 24.4. The van der Waals surface area contributed by atoms with Crippen LogP contribution in [0, 0.1) is 0 Å². The van der Waals surface area contributed by atoms with E-state index < -0.39 is 28.5 Å². The van der Waals surface area contributed by atoms with Crippen LogP contribution in [-0.2, 0) is 26.2 Å². The molecule has 0 bridgehead atoms. The van der Waals surface area contributed by atoms with Gasteiger partial charge in [-0.15, -0.1) is 0 Å². The quantitative estimate of drug-likeness (QED) is 0.333. The van der Waals surface area contributed by atoms with Crippen molar-refractivity contribution in [3.8, 4) is 0 Å². The normalized spacial score (nSPS) is 13.1. The summed E-state index contributed by atoms with van der Waals surface area (Å²) in [4.78, 5) is 28.2. The highest BCUT2D eigenvalue weighted by atomic mass is 35.5. The van der Waals surface area contributed by atoms with Gasteiger partial charge < -0.3 is 10.2 Å². The molecule has 0 heterocycles. The van der Waals surface area contributed by atoms with Crippen molar-refractivity contribution in [2.75, 3.05) is 17.1 Å². The summed E-state index contributed by atoms with van der Waals surface area (Å²) in [5, 5.41) is 3.66. The van der Waals surface area contributed by atoms with Crippen molar-refractivity contribution in [2.24, 2.45) is 0 Å². The molecule has 2 aromatic carbocycles. The van der Waals surface area contributed by atoms with Crippen LogP contribution in [0.25, 0.3) is 0 Å². The number of anilines is 1. The summed E-state index contributed by atoms with van der Waals surface area (Å²) in [6.07, 6.45) is 1.98. The smallest absolute Gasteiger partial charge is 0.244 e. The third kappa shape index (κ3) is 8.15. The van der Waals surface area contributed by atoms with Crippen molar-refractivity contribution in [1.29, 1.82) is 0 Å². The van der Waals surface area contributed by atoms with Crippen LogP contribution in [0.1, 0.15) is 39.2 Å². The van der Waals surface area contributed by atoms with E-state index in [9.17, 15) is 18.0 Å². The van der Waals surface area contributed by atoms with E-state index in [-0.39, 0.29) is 39.2 Å². The largest absolute Gasteiger partial charge is 0.352 e. The number of amides is 2. The molecule has 2 amide bonds. The lowest BCUT2D eigenvalue weighted by Gasteiger charge is -2.33. The van der Waals surface area contributed by atoms with Gasteiger partial charge in [-0.3, -0.25) is 13.9 Å². The number of carbonyl (C=O) groups excluding carboxylic acids is 2. The third-order valence-corrected chi connectivity index (χ3v) is 7.99. The van der Waals surface area contributed by atoms with Gasteiger partial charge >= 0.3 is 0 Å². The van der Waals surface area contributed by atoms with Gasteiger partial charge in [0.25, 0.3) is 0 Å². The first-order chi connectivity index (χ1) is 16.8. The maximum absolute atomic E-state index is 13.7. The van der Waals surface area contributed by atoms with E-state index in [4.69, 9.17) is 46.4 Å². The highest BCUT2D eigenvalue weighted by Crippen LogP contribution is 2.35. The second kappa shape index (κ2) is 13.2. The Hall–Kier alpha value is -1.71. The second-order valence-corrected chi connectivity index (χ2v) is 11.9. The molecule has 0 saturated heterocycles. The fourth-order valence-electron chi connectivity index (χ4n) is 3.45. The molecule has 0 unspecified atom stereocenters. The van der Waals surface area contributed by atoms with Crippen LogP contribution >= 0.6 is 46.4 Å². The highest BCUT2D eigenvalue weighted by molar-refractivity contribution is 7.92. The lowest BCUT2D eigenvalue weighted by molar-refractivity contribution is -0.140. The zero-order valence-electron chi connectivity index (χ0n) is 20.4. The van der Waals surface area contributed by atoms with Crippen molar-refractivity contribution < 1.29 is 18.0 Å². The average molecular weight is 597 g/mol. The summed E-state index contributed by atoms with van der Waals surface area (Å²) in [6.45, 7) is 5.06. The molecule has 2 atom stereocenters. The standard InChI is InChI=1S/C24H29Cl4N3O4S/c1-5-15(3)29-24(33)21(6-2)30(13-16-7-9-17(25)10-8-16)23(32)14-31(36(4,34)35)22-12-19(27)18(26)11-20(22)28/h7-12,15,21H,5-6,13-14H2,1-4H3,(H,29,33)/t15-,21+/m1/s1. The number of hydrogen-bond acceptors (Lipinski definition) is 4. The van der Waals surface area contributed by atoms with E-state index in [1.54, 1.807) is 31.2 Å². The molecule has 2 rings (SSSR count). The summed E-state index contributed by atoms with van der Waals surface area (Å²) in [7, 11) is -3.97. The van der Waals surface area contributed by atoms with E-state index in [2.05, 4.69) is 5.32 Å². The molecule has 0 aliphatic rings. The fraction of sp³-hybridized carbons (Fsp3) is 0.417. The number of benzene rings is 2. The minimum atomic E-state index is -3.97. The van der Waals surface area contributed by atoms with Crippen LogP contribution < -0.4 is 9.62 Å². The van der Waals surface area contributed by atoms with Gasteiger partial charge in [0.1, 0.15) is 12.6 Å². The number of hydrogen-bond donors (Lipinski definition) is 1. The van der Waals surface area contributed by atoms with E-state index in [0.717, 1.165) is 16.1 Å². The van der Waals surface area contributed by atoms with Gasteiger partial charge in [-0.2, -0.15) is 0 Å². The maximum atomic E-state index is 13.7. The van der Waals surface area contributed by atoms with Gasteiger partial charge in [0.05, 0.1) is 27.0 Å². The van der Waals surface area contributed by atoms with Crippen molar-refractivity contribution in [2.45, 2.75) is 52.2 Å². The van der Waals surface area contributed by atoms with Crippen LogP contribution in [0.5, 0.6) is 0 Å². The predicted octanol–water partition coefficient (Wildman–Crippen LogP) is 5.79. The lowest BCUT2D eigenvalue weighted by atomic mass is 10.1. The molecular weight excluding hydrogens is 568 g/mol. The minimum absolute atomic E-state index is 0.00506. The van der Waals surface area contributed by atoms with E-state index in [1.165, 1.54) is 17.0 Å². The van der Waals surface area contributed by atoms with E-state index in [0.29, 0.717) is 17.9 Å². The van der Waals surface area contributed by atoms with Crippen LogP contribution in [0.4, 0.5) is 5.69 Å². The Morgan fingerprint density at radius 2 is 1.53 bits per heavy atom. The first-order valence-electron chi connectivity index (χ1n) is 11.2. The molecule has 36 heavy (non-hydrogen) atoms. The van der Waals surface area contributed by atoms with Gasteiger partial charge in [-0.1, -0.05) is 72.4 Å². The molecule has 0 fully saturated rings. The van der Waals surface area contributed by atoms with Crippen LogP contribution in [0.3, 0.4) is 0 Å². The third-order valence-electron chi connectivity index (χ3n) is 5.59. The van der Waals surface area contributed by atoms with Gasteiger partial charge in [-0.25, -0.2) is 8.42 Å². The molecule has 0 aliphatic heterocycles. The highest BCUT2D eigenvalue weighted by Gasteiger charge is 2.33. The maximum Gasteiger partial charge on any atom is 0.244 e. The van der Waals surface area contributed by atoms with Crippen LogP contribution in [-0.4, -0.2) is 50.0 Å². The second-order valence-electron chi connectivity index (χ2n) is 8.38. The fourth-order valence-corrected chi connectivity index (χ4v) is 5.12. The summed E-state index contributed by atoms with van der Waals surface area (Å²) in [5.41, 5.74) is 0.728. The zero-order chi connectivity index (χ0) is 27.2. The monoisotopic (exact) mass is 595 g/mol. The van der Waals surface area contributed by atoms with Crippen LogP contribution in [0.2, 0.25) is 20.1 Å². The SMILES string of the molecule is CC[C@@H](C)NC(=O)[C@H](CC)N(Cc1ccc(Cl)cc1)C(=O)CN(c1cc(Cl)c(Cl)cc1Cl)S(C)(=O)=O. The Bertz CT molecular complexity index is 1190. The van der Waals surface area contributed by atoms with Crippen molar-refractivity contribution in [3.05, 3.63) is 62.1 Å². The molecule has 0 aromatic heterocycles. The Balaban J connectivity index is 2.50. The Labute approximate surface area is 232 Å². The molecule has 0 saturated carbocycles. The van der Waals surface area contributed by atoms with E-state index in [1.807, 2.05) is 13.8 Å². The first-order valence-corrected chi connectivity index (χ1v) is 14.6. The molecule has 12 heteroatoms. The molecule has 198 valence electrons. The Morgan fingerprint density at radius 3 is 2.06 bits per heavy atom. The van der Waals surface area contributed by atoms with Gasteiger partial charge in [0, 0.05) is 17.6 Å². The number of nitrogens with one attached hydrogen (secondary N) is 1. The molecule has 1 N–H and O–H groups in total. The molecule has 2 aromatic rings. The molecule has 7 nitrogen and oxygen atoms in total. The predicted molar refractivity (Wildman–Crippen MR) is 148 cm³/mol. The lowest BCUT2D eigenvalue weighted by Crippen LogP contribution is -2.53. The van der Waals surface area contributed by atoms with Crippen molar-refractivity contribution >= 4 is 73.9 Å². The van der Waals surface area contributed by atoms with Gasteiger partial charge in [0.15, 0.2) is 0 Å². The summed E-state index contributed by atoms with van der Waals surface area (Å²) in [5.74, 6) is -0.920. The molecule has 0 radical (unpaired) electrons. The Kier molecular flexibility index (Phi) is 11.2. The first kappa shape index (κ1) is 30.5. The number of halogens is 4.